The average Bonchev–Trinajstić information content (AvgIpc) is 2.97. The molecule has 108 valence electrons. The van der Waals surface area contributed by atoms with E-state index in [2.05, 4.69) is 34.0 Å². The predicted octanol–water partition coefficient (Wildman–Crippen LogP) is 1.78. The van der Waals surface area contributed by atoms with Crippen molar-refractivity contribution in [3.63, 3.8) is 0 Å². The summed E-state index contributed by atoms with van der Waals surface area (Å²) in [6.45, 7) is 2.71. The van der Waals surface area contributed by atoms with Crippen LogP contribution in [-0.2, 0) is 4.74 Å². The molecule has 0 radical (unpaired) electrons. The lowest BCUT2D eigenvalue weighted by atomic mass is 9.99. The van der Waals surface area contributed by atoms with Crippen LogP contribution in [0.25, 0.3) is 0 Å². The summed E-state index contributed by atoms with van der Waals surface area (Å²) in [5.41, 5.74) is 0. The first-order valence-corrected chi connectivity index (χ1v) is 8.25. The van der Waals surface area contributed by atoms with E-state index in [9.17, 15) is 0 Å². The minimum absolute atomic E-state index is 0.295. The highest BCUT2D eigenvalue weighted by Crippen LogP contribution is 2.32. The molecule has 4 nitrogen and oxygen atoms in total. The maximum Gasteiger partial charge on any atom is 0.191 e. The third kappa shape index (κ3) is 4.14. The molecular weight excluding hydrogens is 258 g/mol. The fraction of sp³-hybridized carbons (Fsp3) is 0.786. The molecule has 5 heteroatoms. The lowest BCUT2D eigenvalue weighted by molar-refractivity contribution is 0.0782. The molecule has 1 aliphatic carbocycles. The lowest BCUT2D eigenvalue weighted by Gasteiger charge is -2.36. The Morgan fingerprint density at radius 2 is 2.05 bits per heavy atom. The van der Waals surface area contributed by atoms with Crippen LogP contribution < -0.4 is 10.6 Å². The van der Waals surface area contributed by atoms with Gasteiger partial charge < -0.3 is 15.4 Å². The van der Waals surface area contributed by atoms with Gasteiger partial charge in [-0.15, -0.1) is 0 Å². The van der Waals surface area contributed by atoms with Crippen molar-refractivity contribution in [3.8, 4) is 0 Å². The molecule has 1 fully saturated rings. The first-order valence-electron chi connectivity index (χ1n) is 7.03. The third-order valence-electron chi connectivity index (χ3n) is 3.99. The van der Waals surface area contributed by atoms with Gasteiger partial charge in [-0.05, 0) is 31.9 Å². The van der Waals surface area contributed by atoms with Crippen molar-refractivity contribution in [1.82, 2.24) is 10.6 Å². The van der Waals surface area contributed by atoms with Crippen LogP contribution in [0.2, 0.25) is 0 Å². The van der Waals surface area contributed by atoms with E-state index >= 15 is 0 Å². The molecule has 2 rings (SSSR count). The molecule has 1 aliphatic heterocycles. The Hall–Kier alpha value is -0.680. The minimum atomic E-state index is 0.295. The number of hydrogen-bond donors (Lipinski definition) is 2. The number of thioether (sulfide) groups is 1. The Morgan fingerprint density at radius 3 is 2.63 bits per heavy atom. The number of ether oxygens (including phenoxy) is 1. The van der Waals surface area contributed by atoms with Gasteiger partial charge in [-0.25, -0.2) is 0 Å². The molecule has 0 aromatic heterocycles. The monoisotopic (exact) mass is 283 g/mol. The van der Waals surface area contributed by atoms with E-state index in [-0.39, 0.29) is 0 Å². The quantitative estimate of drug-likeness (QED) is 0.469. The number of rotatable bonds is 4. The van der Waals surface area contributed by atoms with Gasteiger partial charge in [0.05, 0.1) is 0 Å². The maximum absolute atomic E-state index is 5.47. The van der Waals surface area contributed by atoms with Gasteiger partial charge in [0.2, 0.25) is 0 Å². The van der Waals surface area contributed by atoms with Crippen molar-refractivity contribution in [2.75, 3.05) is 33.1 Å². The van der Waals surface area contributed by atoms with E-state index in [1.165, 1.54) is 0 Å². The standard InChI is InChI=1S/C14H25N3OS/c1-15-13(17-12-5-3-4-6-12)16-11-14(19-2)7-9-18-10-8-14/h3-4,12H,5-11H2,1-2H3,(H2,15,16,17). The van der Waals surface area contributed by atoms with E-state index in [0.29, 0.717) is 10.8 Å². The van der Waals surface area contributed by atoms with E-state index < -0.39 is 0 Å². The van der Waals surface area contributed by atoms with E-state index in [1.54, 1.807) is 0 Å². The molecule has 19 heavy (non-hydrogen) atoms. The van der Waals surface area contributed by atoms with Crippen LogP contribution >= 0.6 is 11.8 Å². The van der Waals surface area contributed by atoms with E-state index in [0.717, 1.165) is 51.4 Å². The summed E-state index contributed by atoms with van der Waals surface area (Å²) in [6, 6.07) is 0.506. The van der Waals surface area contributed by atoms with Gasteiger partial charge in [-0.1, -0.05) is 12.2 Å². The highest BCUT2D eigenvalue weighted by Gasteiger charge is 2.31. The summed E-state index contributed by atoms with van der Waals surface area (Å²) in [7, 11) is 1.84. The zero-order valence-electron chi connectivity index (χ0n) is 11.9. The first kappa shape index (κ1) is 14.7. The average molecular weight is 283 g/mol. The van der Waals surface area contributed by atoms with Crippen molar-refractivity contribution in [3.05, 3.63) is 12.2 Å². The van der Waals surface area contributed by atoms with Gasteiger partial charge in [-0.2, -0.15) is 11.8 Å². The normalized spacial score (nSPS) is 23.6. The van der Waals surface area contributed by atoms with Crippen LogP contribution in [0.15, 0.2) is 17.1 Å². The van der Waals surface area contributed by atoms with Gasteiger partial charge in [0.15, 0.2) is 5.96 Å². The molecule has 0 bridgehead atoms. The van der Waals surface area contributed by atoms with E-state index in [1.807, 2.05) is 18.8 Å². The molecule has 0 aromatic rings. The van der Waals surface area contributed by atoms with Crippen LogP contribution in [0.4, 0.5) is 0 Å². The molecule has 0 amide bonds. The highest BCUT2D eigenvalue weighted by atomic mass is 32.2. The zero-order chi connectivity index (χ0) is 13.6. The van der Waals surface area contributed by atoms with Crippen LogP contribution in [0.1, 0.15) is 25.7 Å². The predicted molar refractivity (Wildman–Crippen MR) is 83.0 cm³/mol. The lowest BCUT2D eigenvalue weighted by Crippen LogP contribution is -2.49. The molecule has 2 aliphatic rings. The largest absolute Gasteiger partial charge is 0.381 e. The number of nitrogens with one attached hydrogen (secondary N) is 2. The summed E-state index contributed by atoms with van der Waals surface area (Å²) in [5, 5.41) is 6.97. The number of aliphatic imine (C=N–C) groups is 1. The van der Waals surface area contributed by atoms with Gasteiger partial charge in [-0.3, -0.25) is 4.99 Å². The Balaban J connectivity index is 1.81. The molecule has 2 N–H and O–H groups in total. The topological polar surface area (TPSA) is 45.7 Å². The fourth-order valence-corrected chi connectivity index (χ4v) is 3.36. The fourth-order valence-electron chi connectivity index (χ4n) is 2.56. The van der Waals surface area contributed by atoms with Gasteiger partial charge in [0.1, 0.15) is 0 Å². The molecule has 0 spiro atoms. The second-order valence-electron chi connectivity index (χ2n) is 5.21. The zero-order valence-corrected chi connectivity index (χ0v) is 12.8. The second-order valence-corrected chi connectivity index (χ2v) is 6.48. The van der Waals surface area contributed by atoms with Crippen molar-refractivity contribution in [1.29, 1.82) is 0 Å². The van der Waals surface area contributed by atoms with Crippen LogP contribution in [-0.4, -0.2) is 49.8 Å². The Labute approximate surface area is 120 Å². The van der Waals surface area contributed by atoms with Crippen LogP contribution in [0, 0.1) is 0 Å². The molecule has 0 aromatic carbocycles. The molecule has 0 unspecified atom stereocenters. The van der Waals surface area contributed by atoms with Gasteiger partial charge in [0, 0.05) is 37.6 Å². The number of hydrogen-bond acceptors (Lipinski definition) is 3. The summed E-state index contributed by atoms with van der Waals surface area (Å²) in [4.78, 5) is 4.33. The Bertz CT molecular complexity index is 330. The number of guanidine groups is 1. The Kier molecular flexibility index (Phi) is 5.58. The molecule has 0 saturated carbocycles. The maximum atomic E-state index is 5.47. The van der Waals surface area contributed by atoms with Gasteiger partial charge in [0.25, 0.3) is 0 Å². The van der Waals surface area contributed by atoms with Crippen molar-refractivity contribution < 1.29 is 4.74 Å². The summed E-state index contributed by atoms with van der Waals surface area (Å²) >= 11 is 1.95. The van der Waals surface area contributed by atoms with Crippen LogP contribution in [0.3, 0.4) is 0 Å². The molecular formula is C14H25N3OS. The Morgan fingerprint density at radius 1 is 1.37 bits per heavy atom. The SMILES string of the molecule is CN=C(NCC1(SC)CCOCC1)NC1CC=CC1. The highest BCUT2D eigenvalue weighted by molar-refractivity contribution is 8.00. The summed E-state index contributed by atoms with van der Waals surface area (Å²) in [5.74, 6) is 0.925. The molecule has 0 atom stereocenters. The van der Waals surface area contributed by atoms with Crippen LogP contribution in [0.5, 0.6) is 0 Å². The minimum Gasteiger partial charge on any atom is -0.381 e. The number of nitrogens with zero attached hydrogens (tertiary/aromatic N) is 1. The smallest absolute Gasteiger partial charge is 0.191 e. The first-order chi connectivity index (χ1) is 9.28. The molecule has 1 heterocycles. The van der Waals surface area contributed by atoms with Crippen molar-refractivity contribution in [2.45, 2.75) is 36.5 Å². The van der Waals surface area contributed by atoms with Crippen molar-refractivity contribution in [2.24, 2.45) is 4.99 Å². The van der Waals surface area contributed by atoms with Gasteiger partial charge >= 0.3 is 0 Å². The third-order valence-corrected chi connectivity index (χ3v) is 5.41. The molecule has 1 saturated heterocycles. The van der Waals surface area contributed by atoms with Crippen molar-refractivity contribution >= 4 is 17.7 Å². The van der Waals surface area contributed by atoms with E-state index in [4.69, 9.17) is 4.74 Å². The second kappa shape index (κ2) is 7.20. The summed E-state index contributed by atoms with van der Waals surface area (Å²) < 4.78 is 5.77. The summed E-state index contributed by atoms with van der Waals surface area (Å²) in [6.07, 6.45) is 11.1.